The van der Waals surface area contributed by atoms with Gasteiger partial charge in [0.1, 0.15) is 0 Å². The fourth-order valence-corrected chi connectivity index (χ4v) is 4.62. The number of amides is 1. The maximum absolute atomic E-state index is 12.5. The van der Waals surface area contributed by atoms with Crippen molar-refractivity contribution in [3.05, 3.63) is 83.9 Å². The minimum Gasteiger partial charge on any atom is -0.494 e. The minimum atomic E-state index is -1.61. The van der Waals surface area contributed by atoms with Crippen molar-refractivity contribution in [2.75, 3.05) is 52.1 Å². The number of nitrogens with one attached hydrogen (secondary N) is 2. The van der Waals surface area contributed by atoms with Gasteiger partial charge >= 0.3 is 7.12 Å². The third kappa shape index (κ3) is 8.28. The quantitative estimate of drug-likeness (QED) is 0.147. The number of fused-ring (bicyclic) bond motifs is 1. The molecule has 10 nitrogen and oxygen atoms in total. The Morgan fingerprint density at radius 2 is 1.62 bits per heavy atom. The van der Waals surface area contributed by atoms with E-state index in [0.717, 1.165) is 31.7 Å². The van der Waals surface area contributed by atoms with Crippen LogP contribution in [0.25, 0.3) is 10.9 Å². The van der Waals surface area contributed by atoms with Crippen molar-refractivity contribution in [1.82, 2.24) is 14.8 Å². The first-order valence-corrected chi connectivity index (χ1v) is 14.1. The number of nitrogens with two attached hydrogens (primary N) is 1. The number of aromatic hydroxyl groups is 1. The van der Waals surface area contributed by atoms with Crippen molar-refractivity contribution in [2.24, 2.45) is 10.7 Å². The van der Waals surface area contributed by atoms with Gasteiger partial charge in [0.05, 0.1) is 23.5 Å². The summed E-state index contributed by atoms with van der Waals surface area (Å²) in [7, 11) is 1.97. The Hall–Kier alpha value is -4.00. The number of H-pyrrole nitrogens is 1. The summed E-state index contributed by atoms with van der Waals surface area (Å²) in [6.07, 6.45) is 0. The molecule has 0 saturated carbocycles. The summed E-state index contributed by atoms with van der Waals surface area (Å²) >= 11 is 0. The molecule has 5 rings (SSSR count). The molecule has 1 amide bonds. The number of carbonyl (C=O) groups excluding carboxylic acids is 1. The summed E-state index contributed by atoms with van der Waals surface area (Å²) in [5, 5.41) is 33.6. The van der Waals surface area contributed by atoms with Crippen LogP contribution in [0, 0.1) is 0 Å². The lowest BCUT2D eigenvalue weighted by molar-refractivity contribution is -0.117. The third-order valence-corrected chi connectivity index (χ3v) is 6.74. The van der Waals surface area contributed by atoms with E-state index in [4.69, 9.17) is 4.99 Å². The van der Waals surface area contributed by atoms with Crippen LogP contribution in [0.1, 0.15) is 25.0 Å². The minimum absolute atomic E-state index is 0.0492. The molecule has 1 fully saturated rings. The van der Waals surface area contributed by atoms with E-state index in [1.165, 1.54) is 7.05 Å². The zero-order valence-electron chi connectivity index (χ0n) is 24.7. The second-order valence-electron chi connectivity index (χ2n) is 9.53. The van der Waals surface area contributed by atoms with Gasteiger partial charge in [0, 0.05) is 48.3 Å². The maximum atomic E-state index is 12.5. The highest BCUT2D eigenvalue weighted by atomic mass is 16.4. The van der Waals surface area contributed by atoms with Crippen LogP contribution < -0.4 is 16.5 Å². The Kier molecular flexibility index (Phi) is 12.3. The van der Waals surface area contributed by atoms with Crippen LogP contribution in [0.15, 0.2) is 77.8 Å². The summed E-state index contributed by atoms with van der Waals surface area (Å²) in [6, 6.07) is 21.7. The third-order valence-electron chi connectivity index (χ3n) is 6.74. The van der Waals surface area contributed by atoms with Crippen molar-refractivity contribution < 1.29 is 19.9 Å². The van der Waals surface area contributed by atoms with E-state index in [9.17, 15) is 19.9 Å². The number of aliphatic imine (C=N–C) groups is 1. The smallest absolute Gasteiger partial charge is 0.488 e. The highest BCUT2D eigenvalue weighted by molar-refractivity contribution is 6.59. The molecule has 0 radical (unpaired) electrons. The van der Waals surface area contributed by atoms with Gasteiger partial charge in [0.2, 0.25) is 5.91 Å². The molecule has 1 aliphatic rings. The standard InChI is InChI=1S/C28H30BN5O4.C2H6.CH5N/c1-33-13-15-34(16-14-33)18-25(35)30-21-8-10-22(11-9-21)31-27(19-5-3-2-4-6-19)26-23-12-7-20(29(37)38)17-24(23)32-28(26)36;2*1-2/h2-12,17,32,36-38H,13-16,18H2,1H3,(H,30,35);1-2H3;2H2,1H3. The van der Waals surface area contributed by atoms with E-state index in [1.54, 1.807) is 18.2 Å². The van der Waals surface area contributed by atoms with Crippen LogP contribution in [0.3, 0.4) is 0 Å². The summed E-state index contributed by atoms with van der Waals surface area (Å²) < 4.78 is 0. The molecule has 4 aromatic rings. The number of benzene rings is 3. The molecule has 0 unspecified atom stereocenters. The van der Waals surface area contributed by atoms with Crippen LogP contribution >= 0.6 is 0 Å². The van der Waals surface area contributed by atoms with E-state index >= 15 is 0 Å². The van der Waals surface area contributed by atoms with Gasteiger partial charge in [-0.3, -0.25) is 9.69 Å². The number of hydrogen-bond donors (Lipinski definition) is 6. The van der Waals surface area contributed by atoms with Crippen LogP contribution in [0.5, 0.6) is 5.88 Å². The Morgan fingerprint density at radius 3 is 2.24 bits per heavy atom. The average Bonchev–Trinajstić information content (AvgIpc) is 3.35. The monoisotopic (exact) mass is 572 g/mol. The average molecular weight is 573 g/mol. The molecule has 0 spiro atoms. The predicted octanol–water partition coefficient (Wildman–Crippen LogP) is 2.51. The van der Waals surface area contributed by atoms with E-state index in [1.807, 2.05) is 68.4 Å². The van der Waals surface area contributed by atoms with E-state index < -0.39 is 7.12 Å². The normalized spacial score (nSPS) is 13.9. The van der Waals surface area contributed by atoms with E-state index in [0.29, 0.717) is 45.6 Å². The number of aromatic nitrogens is 1. The van der Waals surface area contributed by atoms with Crippen LogP contribution in [0.4, 0.5) is 11.4 Å². The number of hydrogen-bond acceptors (Lipinski definition) is 8. The zero-order chi connectivity index (χ0) is 30.6. The van der Waals surface area contributed by atoms with Gasteiger partial charge in [-0.15, -0.1) is 0 Å². The highest BCUT2D eigenvalue weighted by Crippen LogP contribution is 2.31. The van der Waals surface area contributed by atoms with E-state index in [2.05, 4.69) is 32.9 Å². The molecule has 0 aliphatic carbocycles. The lowest BCUT2D eigenvalue weighted by atomic mass is 9.80. The fourth-order valence-electron chi connectivity index (χ4n) is 4.62. The molecule has 1 aliphatic heterocycles. The molecule has 7 N–H and O–H groups in total. The Bertz CT molecular complexity index is 1450. The topological polar surface area (TPSA) is 150 Å². The van der Waals surface area contributed by atoms with Gasteiger partial charge in [-0.2, -0.15) is 0 Å². The molecule has 1 aromatic heterocycles. The van der Waals surface area contributed by atoms with Gasteiger partial charge in [0.25, 0.3) is 0 Å². The Morgan fingerprint density at radius 1 is 0.976 bits per heavy atom. The van der Waals surface area contributed by atoms with Gasteiger partial charge < -0.3 is 36.1 Å². The summed E-state index contributed by atoms with van der Waals surface area (Å²) in [4.78, 5) is 24.7. The van der Waals surface area contributed by atoms with Gasteiger partial charge in [0.15, 0.2) is 5.88 Å². The number of aromatic amines is 1. The first kappa shape index (κ1) is 32.5. The van der Waals surface area contributed by atoms with Crippen molar-refractivity contribution in [3.8, 4) is 5.88 Å². The molecule has 2 heterocycles. The van der Waals surface area contributed by atoms with Crippen molar-refractivity contribution >= 4 is 46.5 Å². The molecule has 0 atom stereocenters. The van der Waals surface area contributed by atoms with E-state index in [-0.39, 0.29) is 11.8 Å². The second kappa shape index (κ2) is 15.9. The molecular weight excluding hydrogens is 531 g/mol. The van der Waals surface area contributed by atoms with Crippen LogP contribution in [-0.2, 0) is 4.79 Å². The summed E-state index contributed by atoms with van der Waals surface area (Å²) in [6.45, 7) is 8.03. The summed E-state index contributed by atoms with van der Waals surface area (Å²) in [5.74, 6) is -0.119. The Balaban J connectivity index is 0.00000116. The fraction of sp³-hybridized carbons (Fsp3) is 0.290. The number of carbonyl (C=O) groups is 1. The van der Waals surface area contributed by atoms with Crippen LogP contribution in [-0.4, -0.2) is 95.5 Å². The molecule has 222 valence electrons. The van der Waals surface area contributed by atoms with Gasteiger partial charge in [-0.25, -0.2) is 4.99 Å². The number of piperazine rings is 1. The van der Waals surface area contributed by atoms with Crippen molar-refractivity contribution in [1.29, 1.82) is 0 Å². The molecule has 11 heteroatoms. The molecule has 0 bridgehead atoms. The summed E-state index contributed by atoms with van der Waals surface area (Å²) in [5.41, 5.74) is 8.58. The highest BCUT2D eigenvalue weighted by Gasteiger charge is 2.21. The number of rotatable bonds is 7. The molecule has 1 saturated heterocycles. The largest absolute Gasteiger partial charge is 0.494 e. The zero-order valence-corrected chi connectivity index (χ0v) is 24.7. The van der Waals surface area contributed by atoms with Crippen molar-refractivity contribution in [2.45, 2.75) is 13.8 Å². The lowest BCUT2D eigenvalue weighted by Crippen LogP contribution is -2.47. The first-order valence-electron chi connectivity index (χ1n) is 14.1. The second-order valence-corrected chi connectivity index (χ2v) is 9.53. The maximum Gasteiger partial charge on any atom is 0.488 e. The first-order chi connectivity index (χ1) is 20.4. The molecular formula is C31H41BN6O4. The lowest BCUT2D eigenvalue weighted by Gasteiger charge is -2.31. The number of likely N-dealkylation sites (N-methyl/N-ethyl adjacent to an activating group) is 1. The predicted molar refractivity (Wildman–Crippen MR) is 172 cm³/mol. The van der Waals surface area contributed by atoms with Gasteiger partial charge in [-0.05, 0) is 49.9 Å². The van der Waals surface area contributed by atoms with Crippen LogP contribution in [0.2, 0.25) is 0 Å². The van der Waals surface area contributed by atoms with Crippen molar-refractivity contribution in [3.63, 3.8) is 0 Å². The Labute approximate surface area is 247 Å². The molecule has 42 heavy (non-hydrogen) atoms. The SMILES string of the molecule is CC.CN.CN1CCN(CC(=O)Nc2ccc(N=C(c3ccccc3)c3c(O)[nH]c4cc(B(O)O)ccc34)cc2)CC1. The van der Waals surface area contributed by atoms with Gasteiger partial charge in [-0.1, -0.05) is 56.3 Å². The number of anilines is 1. The molecule has 3 aromatic carbocycles. The number of nitrogens with zero attached hydrogens (tertiary/aromatic N) is 3.